The van der Waals surface area contributed by atoms with E-state index < -0.39 is 11.7 Å². The minimum absolute atomic E-state index is 0.0813. The first-order chi connectivity index (χ1) is 18.3. The zero-order chi connectivity index (χ0) is 27.0. The molecular formula is C29H25F3N4OS. The summed E-state index contributed by atoms with van der Waals surface area (Å²) in [4.78, 5) is 17.2. The average Bonchev–Trinajstić information content (AvgIpc) is 3.38. The molecule has 0 bridgehead atoms. The van der Waals surface area contributed by atoms with Gasteiger partial charge in [-0.2, -0.15) is 13.2 Å². The van der Waals surface area contributed by atoms with Crippen LogP contribution in [-0.4, -0.2) is 31.0 Å². The van der Waals surface area contributed by atoms with Crippen LogP contribution in [0.5, 0.6) is 0 Å². The van der Waals surface area contributed by atoms with Crippen molar-refractivity contribution in [1.29, 1.82) is 0 Å². The summed E-state index contributed by atoms with van der Waals surface area (Å²) in [5.74, 6) is 5.19. The molecule has 0 atom stereocenters. The van der Waals surface area contributed by atoms with Gasteiger partial charge in [-0.3, -0.25) is 10.1 Å². The van der Waals surface area contributed by atoms with E-state index in [2.05, 4.69) is 32.8 Å². The van der Waals surface area contributed by atoms with Gasteiger partial charge < -0.3 is 10.6 Å². The summed E-state index contributed by atoms with van der Waals surface area (Å²) >= 11 is 1.29. The summed E-state index contributed by atoms with van der Waals surface area (Å²) in [5, 5.41) is 11.5. The Hall–Kier alpha value is -3.97. The third-order valence-electron chi connectivity index (χ3n) is 5.55. The lowest BCUT2D eigenvalue weighted by Gasteiger charge is -2.08. The molecule has 4 rings (SSSR count). The molecule has 1 amide bonds. The minimum atomic E-state index is -4.47. The summed E-state index contributed by atoms with van der Waals surface area (Å²) in [6.07, 6.45) is -4.47. The maximum atomic E-state index is 13.2. The van der Waals surface area contributed by atoms with Gasteiger partial charge in [0.2, 0.25) is 0 Å². The van der Waals surface area contributed by atoms with E-state index in [1.165, 1.54) is 29.5 Å². The Morgan fingerprint density at radius 2 is 1.76 bits per heavy atom. The van der Waals surface area contributed by atoms with E-state index in [1.807, 2.05) is 25.2 Å². The summed E-state index contributed by atoms with van der Waals surface area (Å²) in [6.45, 7) is 2.45. The van der Waals surface area contributed by atoms with Crippen LogP contribution in [-0.2, 0) is 12.7 Å². The molecule has 0 fully saturated rings. The average molecular weight is 535 g/mol. The van der Waals surface area contributed by atoms with Gasteiger partial charge in [-0.25, -0.2) is 4.98 Å². The van der Waals surface area contributed by atoms with Crippen molar-refractivity contribution in [3.63, 3.8) is 0 Å². The molecule has 5 nitrogen and oxygen atoms in total. The molecule has 0 spiro atoms. The van der Waals surface area contributed by atoms with Gasteiger partial charge in [0, 0.05) is 47.3 Å². The van der Waals surface area contributed by atoms with Crippen molar-refractivity contribution < 1.29 is 18.0 Å². The van der Waals surface area contributed by atoms with E-state index in [9.17, 15) is 18.0 Å². The molecule has 0 aliphatic rings. The SMILES string of the molecule is CNCCNCc1ccc(C(=O)Nc2nc(-c3cccc(C#Cc4ccccc4C(F)(F)F)c3)cs2)cc1. The van der Waals surface area contributed by atoms with Gasteiger partial charge in [0.05, 0.1) is 11.3 Å². The monoisotopic (exact) mass is 534 g/mol. The van der Waals surface area contributed by atoms with Crippen LogP contribution in [0.3, 0.4) is 0 Å². The Morgan fingerprint density at radius 3 is 2.53 bits per heavy atom. The first kappa shape index (κ1) is 27.1. The van der Waals surface area contributed by atoms with Crippen molar-refractivity contribution in [1.82, 2.24) is 15.6 Å². The maximum absolute atomic E-state index is 13.2. The molecular weight excluding hydrogens is 509 g/mol. The number of rotatable bonds is 8. The second-order valence-electron chi connectivity index (χ2n) is 8.34. The van der Waals surface area contributed by atoms with Crippen molar-refractivity contribution in [2.75, 3.05) is 25.5 Å². The van der Waals surface area contributed by atoms with Crippen LogP contribution < -0.4 is 16.0 Å². The molecule has 0 aliphatic heterocycles. The Morgan fingerprint density at radius 1 is 0.974 bits per heavy atom. The predicted octanol–water partition coefficient (Wildman–Crippen LogP) is 5.79. The van der Waals surface area contributed by atoms with Gasteiger partial charge in [0.15, 0.2) is 5.13 Å². The van der Waals surface area contributed by atoms with Crippen molar-refractivity contribution in [3.05, 3.63) is 106 Å². The third kappa shape index (κ3) is 7.29. The van der Waals surface area contributed by atoms with E-state index in [0.29, 0.717) is 22.0 Å². The Labute approximate surface area is 223 Å². The van der Waals surface area contributed by atoms with Gasteiger partial charge in [-0.05, 0) is 49.0 Å². The Balaban J connectivity index is 1.42. The van der Waals surface area contributed by atoms with Gasteiger partial charge in [0.25, 0.3) is 5.91 Å². The minimum Gasteiger partial charge on any atom is -0.318 e. The highest BCUT2D eigenvalue weighted by molar-refractivity contribution is 7.14. The van der Waals surface area contributed by atoms with Crippen LogP contribution in [0.1, 0.15) is 32.6 Å². The fourth-order valence-corrected chi connectivity index (χ4v) is 4.30. The quantitative estimate of drug-likeness (QED) is 0.198. The van der Waals surface area contributed by atoms with Crippen LogP contribution in [0.4, 0.5) is 18.3 Å². The van der Waals surface area contributed by atoms with Gasteiger partial charge in [-0.15, -0.1) is 11.3 Å². The molecule has 0 radical (unpaired) electrons. The van der Waals surface area contributed by atoms with Gasteiger partial charge in [0.1, 0.15) is 0 Å². The number of hydrogen-bond donors (Lipinski definition) is 3. The number of carbonyl (C=O) groups excluding carboxylic acids is 1. The van der Waals surface area contributed by atoms with Crippen molar-refractivity contribution in [3.8, 4) is 23.1 Å². The van der Waals surface area contributed by atoms with Crippen LogP contribution in [0, 0.1) is 11.8 Å². The number of aromatic nitrogens is 1. The summed E-state index contributed by atoms with van der Waals surface area (Å²) in [5.41, 5.74) is 2.69. The number of alkyl halides is 3. The summed E-state index contributed by atoms with van der Waals surface area (Å²) < 4.78 is 39.7. The number of carbonyl (C=O) groups is 1. The molecule has 1 aromatic heterocycles. The molecule has 0 unspecified atom stereocenters. The number of benzene rings is 3. The zero-order valence-corrected chi connectivity index (χ0v) is 21.3. The zero-order valence-electron chi connectivity index (χ0n) is 20.5. The standard InChI is InChI=1S/C29H25F3N4OS/c1-33-15-16-34-18-21-10-13-23(14-11-21)27(37)36-28-35-26(19-38-28)24-7-4-5-20(17-24)9-12-22-6-2-3-8-25(22)29(30,31)32/h2-8,10-11,13-14,17,19,33-34H,15-16,18H2,1H3,(H,35,36,37). The van der Waals surface area contributed by atoms with Crippen molar-refractivity contribution in [2.24, 2.45) is 0 Å². The predicted molar refractivity (Wildman–Crippen MR) is 145 cm³/mol. The molecule has 38 heavy (non-hydrogen) atoms. The summed E-state index contributed by atoms with van der Waals surface area (Å²) in [6, 6.07) is 19.7. The summed E-state index contributed by atoms with van der Waals surface area (Å²) in [7, 11) is 1.90. The second-order valence-corrected chi connectivity index (χ2v) is 9.20. The van der Waals surface area contributed by atoms with E-state index >= 15 is 0 Å². The van der Waals surface area contributed by atoms with Crippen LogP contribution in [0.25, 0.3) is 11.3 Å². The lowest BCUT2D eigenvalue weighted by atomic mass is 10.1. The fraction of sp³-hybridized carbons (Fsp3) is 0.172. The van der Waals surface area contributed by atoms with E-state index in [0.717, 1.165) is 36.8 Å². The number of nitrogens with one attached hydrogen (secondary N) is 3. The Bertz CT molecular complexity index is 1450. The topological polar surface area (TPSA) is 66.0 Å². The molecule has 1 heterocycles. The van der Waals surface area contributed by atoms with Crippen molar-refractivity contribution in [2.45, 2.75) is 12.7 Å². The van der Waals surface area contributed by atoms with Crippen LogP contribution in [0.2, 0.25) is 0 Å². The highest BCUT2D eigenvalue weighted by atomic mass is 32.1. The number of likely N-dealkylation sites (N-methyl/N-ethyl adjacent to an activating group) is 1. The lowest BCUT2D eigenvalue weighted by molar-refractivity contribution is -0.137. The molecule has 194 valence electrons. The van der Waals surface area contributed by atoms with Crippen LogP contribution >= 0.6 is 11.3 Å². The van der Waals surface area contributed by atoms with E-state index in [1.54, 1.807) is 35.7 Å². The van der Waals surface area contributed by atoms with Crippen LogP contribution in [0.15, 0.2) is 78.2 Å². The highest BCUT2D eigenvalue weighted by Gasteiger charge is 2.32. The van der Waals surface area contributed by atoms with E-state index in [-0.39, 0.29) is 11.5 Å². The number of thiazole rings is 1. The number of hydrogen-bond acceptors (Lipinski definition) is 5. The molecule has 9 heteroatoms. The Kier molecular flexibility index (Phi) is 8.92. The highest BCUT2D eigenvalue weighted by Crippen LogP contribution is 2.31. The van der Waals surface area contributed by atoms with Crippen molar-refractivity contribution >= 4 is 22.4 Å². The number of nitrogens with zero attached hydrogens (tertiary/aromatic N) is 1. The first-order valence-corrected chi connectivity index (χ1v) is 12.7. The van der Waals surface area contributed by atoms with Gasteiger partial charge >= 0.3 is 6.18 Å². The second kappa shape index (κ2) is 12.5. The molecule has 4 aromatic rings. The molecule has 3 aromatic carbocycles. The largest absolute Gasteiger partial charge is 0.417 e. The number of anilines is 1. The molecule has 0 aliphatic carbocycles. The first-order valence-electron chi connectivity index (χ1n) is 11.8. The maximum Gasteiger partial charge on any atom is 0.417 e. The normalized spacial score (nSPS) is 11.1. The number of halogens is 3. The number of amides is 1. The van der Waals surface area contributed by atoms with Gasteiger partial charge in [-0.1, -0.05) is 48.2 Å². The molecule has 0 saturated carbocycles. The lowest BCUT2D eigenvalue weighted by Crippen LogP contribution is -2.24. The smallest absolute Gasteiger partial charge is 0.318 e. The molecule has 0 saturated heterocycles. The fourth-order valence-electron chi connectivity index (χ4n) is 3.59. The third-order valence-corrected chi connectivity index (χ3v) is 6.31. The molecule has 3 N–H and O–H groups in total. The van der Waals surface area contributed by atoms with E-state index in [4.69, 9.17) is 0 Å².